The van der Waals surface area contributed by atoms with E-state index in [2.05, 4.69) is 15.3 Å². The molecule has 2 unspecified atom stereocenters. The van der Waals surface area contributed by atoms with E-state index in [1.54, 1.807) is 12.3 Å². The molecule has 1 fully saturated rings. The second-order valence-corrected chi connectivity index (χ2v) is 7.52. The molecule has 3 aromatic rings. The highest BCUT2D eigenvalue weighted by molar-refractivity contribution is 7.22. The van der Waals surface area contributed by atoms with Gasteiger partial charge in [-0.2, -0.15) is 0 Å². The van der Waals surface area contributed by atoms with Gasteiger partial charge in [0.1, 0.15) is 11.9 Å². The van der Waals surface area contributed by atoms with Crippen molar-refractivity contribution in [2.24, 2.45) is 5.92 Å². The lowest BCUT2D eigenvalue weighted by Gasteiger charge is -2.06. The lowest BCUT2D eigenvalue weighted by molar-refractivity contribution is -0.117. The predicted molar refractivity (Wildman–Crippen MR) is 99.2 cm³/mol. The van der Waals surface area contributed by atoms with Crippen molar-refractivity contribution in [2.45, 2.75) is 26.4 Å². The van der Waals surface area contributed by atoms with Crippen molar-refractivity contribution in [3.05, 3.63) is 41.7 Å². The van der Waals surface area contributed by atoms with E-state index in [1.807, 2.05) is 25.1 Å². The Hall–Kier alpha value is -2.67. The molecule has 0 radical (unpaired) electrons. The molecule has 1 amide bonds. The van der Waals surface area contributed by atoms with E-state index in [0.717, 1.165) is 26.9 Å². The number of aromatic nitrogens is 2. The molecular weight excluding hydrogens is 353 g/mol. The minimum Gasteiger partial charge on any atom is -0.302 e. The number of anilines is 1. The van der Waals surface area contributed by atoms with Crippen LogP contribution in [0.5, 0.6) is 0 Å². The molecule has 1 N–H and O–H groups in total. The molecule has 132 valence electrons. The first-order valence-corrected chi connectivity index (χ1v) is 9.07. The van der Waals surface area contributed by atoms with E-state index in [4.69, 9.17) is 0 Å². The van der Waals surface area contributed by atoms with Crippen LogP contribution in [0.3, 0.4) is 0 Å². The van der Waals surface area contributed by atoms with Crippen LogP contribution in [-0.2, 0) is 4.79 Å². The number of nitrogens with one attached hydrogen (secondary N) is 1. The maximum atomic E-state index is 13.0. The number of carbonyl (C=O) groups excluding carboxylic acids is 2. The van der Waals surface area contributed by atoms with Crippen molar-refractivity contribution in [3.8, 4) is 11.1 Å². The highest BCUT2D eigenvalue weighted by Crippen LogP contribution is 2.36. The summed E-state index contributed by atoms with van der Waals surface area (Å²) >= 11 is 1.35. The number of alkyl halides is 1. The standard InChI is InChI=1S/C19H16FN3O2S/c1-9-5-16(10(2)24)21-8-13(9)11-3-4-15-17(6-11)26-19(22-15)23-18(25)12-7-14(12)20/h3-6,8,12,14H,7H2,1-2H3,(H,22,23,25). The van der Waals surface area contributed by atoms with Gasteiger partial charge in [0.2, 0.25) is 5.91 Å². The summed E-state index contributed by atoms with van der Waals surface area (Å²) in [6.45, 7) is 3.43. The number of pyridine rings is 1. The number of thiazole rings is 1. The second-order valence-electron chi connectivity index (χ2n) is 6.49. The minimum absolute atomic E-state index is 0.0656. The molecular formula is C19H16FN3O2S. The molecule has 0 bridgehead atoms. The average Bonchev–Trinajstić information content (AvgIpc) is 3.20. The number of nitrogens with zero attached hydrogens (tertiary/aromatic N) is 2. The molecule has 26 heavy (non-hydrogen) atoms. The monoisotopic (exact) mass is 369 g/mol. The number of ketones is 1. The first kappa shape index (κ1) is 16.8. The van der Waals surface area contributed by atoms with Crippen LogP contribution in [-0.4, -0.2) is 27.8 Å². The summed E-state index contributed by atoms with van der Waals surface area (Å²) in [7, 11) is 0. The van der Waals surface area contributed by atoms with Gasteiger partial charge in [0.15, 0.2) is 10.9 Å². The van der Waals surface area contributed by atoms with Crippen molar-refractivity contribution in [3.63, 3.8) is 0 Å². The molecule has 7 heteroatoms. The third-order valence-electron chi connectivity index (χ3n) is 4.45. The number of hydrogen-bond donors (Lipinski definition) is 1. The fourth-order valence-electron chi connectivity index (χ4n) is 2.83. The minimum atomic E-state index is -1.02. The highest BCUT2D eigenvalue weighted by Gasteiger charge is 2.43. The molecule has 1 aliphatic carbocycles. The van der Waals surface area contributed by atoms with Gasteiger partial charge in [-0.3, -0.25) is 14.6 Å². The maximum absolute atomic E-state index is 13.0. The van der Waals surface area contributed by atoms with Gasteiger partial charge in [0.25, 0.3) is 0 Å². The Kier molecular flexibility index (Phi) is 4.03. The number of rotatable bonds is 4. The van der Waals surface area contributed by atoms with Gasteiger partial charge in [-0.05, 0) is 42.7 Å². The number of carbonyl (C=O) groups is 2. The maximum Gasteiger partial charge on any atom is 0.232 e. The summed E-state index contributed by atoms with van der Waals surface area (Å²) < 4.78 is 13.9. The zero-order chi connectivity index (χ0) is 18.4. The summed E-state index contributed by atoms with van der Waals surface area (Å²) in [4.78, 5) is 31.9. The fraction of sp³-hybridized carbons (Fsp3) is 0.263. The van der Waals surface area contributed by atoms with E-state index >= 15 is 0 Å². The van der Waals surface area contributed by atoms with Crippen molar-refractivity contribution in [2.75, 3.05) is 5.32 Å². The van der Waals surface area contributed by atoms with Gasteiger partial charge in [-0.15, -0.1) is 0 Å². The number of hydrogen-bond acceptors (Lipinski definition) is 5. The Balaban J connectivity index is 1.63. The predicted octanol–water partition coefficient (Wildman–Crippen LogP) is 4.17. The normalized spacial score (nSPS) is 18.7. The van der Waals surface area contributed by atoms with Crippen LogP contribution in [0.15, 0.2) is 30.5 Å². The van der Waals surface area contributed by atoms with Gasteiger partial charge in [-0.1, -0.05) is 17.4 Å². The largest absolute Gasteiger partial charge is 0.302 e. The topological polar surface area (TPSA) is 72.0 Å². The molecule has 0 aliphatic heterocycles. The Labute approximate surface area is 153 Å². The smallest absolute Gasteiger partial charge is 0.232 e. The summed E-state index contributed by atoms with van der Waals surface area (Å²) in [5.74, 6) is -0.910. The first-order chi connectivity index (χ1) is 12.4. The van der Waals surface area contributed by atoms with E-state index < -0.39 is 12.1 Å². The number of aryl methyl sites for hydroxylation is 1. The lowest BCUT2D eigenvalue weighted by Crippen LogP contribution is -2.14. The third-order valence-corrected chi connectivity index (χ3v) is 5.38. The van der Waals surface area contributed by atoms with Crippen LogP contribution in [0.25, 0.3) is 21.3 Å². The molecule has 2 atom stereocenters. The van der Waals surface area contributed by atoms with Crippen LogP contribution in [0.1, 0.15) is 29.4 Å². The molecule has 2 heterocycles. The molecule has 1 aromatic carbocycles. The van der Waals surface area contributed by atoms with Gasteiger partial charge in [0, 0.05) is 18.7 Å². The number of amides is 1. The Morgan fingerprint density at radius 1 is 1.31 bits per heavy atom. The van der Waals surface area contributed by atoms with Crippen LogP contribution in [0.2, 0.25) is 0 Å². The lowest BCUT2D eigenvalue weighted by atomic mass is 10.0. The van der Waals surface area contributed by atoms with E-state index in [9.17, 15) is 14.0 Å². The van der Waals surface area contributed by atoms with Crippen molar-refractivity contribution >= 4 is 38.4 Å². The molecule has 1 saturated carbocycles. The van der Waals surface area contributed by atoms with E-state index in [1.165, 1.54) is 18.3 Å². The molecule has 5 nitrogen and oxygen atoms in total. The summed E-state index contributed by atoms with van der Waals surface area (Å²) in [5, 5.41) is 3.17. The van der Waals surface area contributed by atoms with Crippen molar-refractivity contribution in [1.29, 1.82) is 0 Å². The van der Waals surface area contributed by atoms with Crippen molar-refractivity contribution < 1.29 is 14.0 Å². The molecule has 4 rings (SSSR count). The number of halogens is 1. The fourth-order valence-corrected chi connectivity index (χ4v) is 3.74. The van der Waals surface area contributed by atoms with Crippen LogP contribution in [0.4, 0.5) is 9.52 Å². The molecule has 1 aliphatic rings. The number of fused-ring (bicyclic) bond motifs is 1. The summed E-state index contributed by atoms with van der Waals surface area (Å²) in [6, 6.07) is 7.58. The summed E-state index contributed by atoms with van der Waals surface area (Å²) in [6.07, 6.45) is 0.971. The van der Waals surface area contributed by atoms with E-state index in [-0.39, 0.29) is 11.7 Å². The van der Waals surface area contributed by atoms with Gasteiger partial charge in [-0.25, -0.2) is 9.37 Å². The molecule has 0 saturated heterocycles. The zero-order valence-electron chi connectivity index (χ0n) is 14.2. The molecule has 0 spiro atoms. The number of benzene rings is 1. The second kappa shape index (κ2) is 6.25. The average molecular weight is 369 g/mol. The third kappa shape index (κ3) is 3.10. The Morgan fingerprint density at radius 2 is 2.08 bits per heavy atom. The number of Topliss-reactive ketones (excluding diaryl/α,β-unsaturated/α-hetero) is 1. The van der Waals surface area contributed by atoms with Crippen LogP contribution in [0, 0.1) is 12.8 Å². The SMILES string of the molecule is CC(=O)c1cc(C)c(-c2ccc3nc(NC(=O)C4CC4F)sc3c2)cn1. The van der Waals surface area contributed by atoms with E-state index in [0.29, 0.717) is 17.2 Å². The zero-order valence-corrected chi connectivity index (χ0v) is 15.1. The highest BCUT2D eigenvalue weighted by atomic mass is 32.1. The van der Waals surface area contributed by atoms with Gasteiger partial charge in [0.05, 0.1) is 16.1 Å². The van der Waals surface area contributed by atoms with Crippen LogP contribution < -0.4 is 5.32 Å². The Bertz CT molecular complexity index is 1050. The van der Waals surface area contributed by atoms with Crippen LogP contribution >= 0.6 is 11.3 Å². The summed E-state index contributed by atoms with van der Waals surface area (Å²) in [5.41, 5.74) is 4.08. The quantitative estimate of drug-likeness (QED) is 0.701. The molecule has 2 aromatic heterocycles. The van der Waals surface area contributed by atoms with Gasteiger partial charge < -0.3 is 5.32 Å². The van der Waals surface area contributed by atoms with Gasteiger partial charge >= 0.3 is 0 Å². The van der Waals surface area contributed by atoms with Crippen molar-refractivity contribution in [1.82, 2.24) is 9.97 Å². The Morgan fingerprint density at radius 3 is 2.73 bits per heavy atom. The first-order valence-electron chi connectivity index (χ1n) is 8.26.